The molecule has 0 aromatic carbocycles. The van der Waals surface area contributed by atoms with Crippen LogP contribution in [0, 0.1) is 11.8 Å². The second-order valence-corrected chi connectivity index (χ2v) is 5.51. The van der Waals surface area contributed by atoms with Crippen molar-refractivity contribution in [3.63, 3.8) is 0 Å². The first kappa shape index (κ1) is 15.4. The second-order valence-electron chi connectivity index (χ2n) is 4.67. The highest BCUT2D eigenvalue weighted by Crippen LogP contribution is 2.15. The summed E-state index contributed by atoms with van der Waals surface area (Å²) in [6.45, 7) is 4.38. The highest BCUT2D eigenvalue weighted by molar-refractivity contribution is 7.13. The maximum absolute atomic E-state index is 11.6. The Labute approximate surface area is 115 Å². The number of rotatable bonds is 7. The van der Waals surface area contributed by atoms with Gasteiger partial charge in [0, 0.05) is 13.0 Å². The van der Waals surface area contributed by atoms with Crippen molar-refractivity contribution in [1.82, 2.24) is 15.5 Å². The SMILES string of the molecule is CC(C)C[C@H](CNC(=O)Nc1nncs1)CC(=O)O. The Hall–Kier alpha value is -1.70. The Morgan fingerprint density at radius 3 is 2.74 bits per heavy atom. The topological polar surface area (TPSA) is 104 Å². The fourth-order valence-electron chi connectivity index (χ4n) is 1.76. The minimum Gasteiger partial charge on any atom is -0.481 e. The summed E-state index contributed by atoms with van der Waals surface area (Å²) in [5, 5.41) is 21.7. The fraction of sp³-hybridized carbons (Fsp3) is 0.636. The summed E-state index contributed by atoms with van der Waals surface area (Å²) < 4.78 is 0. The van der Waals surface area contributed by atoms with Gasteiger partial charge >= 0.3 is 12.0 Å². The molecule has 0 aliphatic carbocycles. The van der Waals surface area contributed by atoms with Crippen molar-refractivity contribution in [2.24, 2.45) is 11.8 Å². The van der Waals surface area contributed by atoms with Gasteiger partial charge in [0.1, 0.15) is 5.51 Å². The van der Waals surface area contributed by atoms with Crippen LogP contribution in [0.1, 0.15) is 26.7 Å². The van der Waals surface area contributed by atoms with Gasteiger partial charge in [-0.3, -0.25) is 10.1 Å². The number of nitrogens with zero attached hydrogens (tertiary/aromatic N) is 2. The number of nitrogens with one attached hydrogen (secondary N) is 2. The van der Waals surface area contributed by atoms with Gasteiger partial charge in [0.05, 0.1) is 0 Å². The van der Waals surface area contributed by atoms with Gasteiger partial charge in [-0.1, -0.05) is 25.2 Å². The van der Waals surface area contributed by atoms with Crippen molar-refractivity contribution in [2.45, 2.75) is 26.7 Å². The standard InChI is InChI=1S/C11H18N4O3S/c1-7(2)3-8(4-9(16)17)5-12-10(18)14-11-15-13-6-19-11/h6-8H,3-5H2,1-2H3,(H,16,17)(H2,12,14,15,18)/t8-/m0/s1. The molecule has 1 aromatic heterocycles. The van der Waals surface area contributed by atoms with Crippen LogP contribution in [0.15, 0.2) is 5.51 Å². The van der Waals surface area contributed by atoms with Crippen LogP contribution in [0.5, 0.6) is 0 Å². The molecule has 0 unspecified atom stereocenters. The number of carboxylic acid groups (broad SMARTS) is 1. The van der Waals surface area contributed by atoms with Gasteiger partial charge in [0.15, 0.2) is 0 Å². The number of carbonyl (C=O) groups excluding carboxylic acids is 1. The number of anilines is 1. The van der Waals surface area contributed by atoms with E-state index in [1.54, 1.807) is 0 Å². The molecule has 0 fully saturated rings. The monoisotopic (exact) mass is 286 g/mol. The lowest BCUT2D eigenvalue weighted by Crippen LogP contribution is -2.34. The van der Waals surface area contributed by atoms with Crippen LogP contribution in [0.4, 0.5) is 9.93 Å². The summed E-state index contributed by atoms with van der Waals surface area (Å²) in [5.41, 5.74) is 1.52. The molecule has 3 N–H and O–H groups in total. The summed E-state index contributed by atoms with van der Waals surface area (Å²) >= 11 is 1.22. The zero-order chi connectivity index (χ0) is 14.3. The first-order chi connectivity index (χ1) is 8.97. The van der Waals surface area contributed by atoms with E-state index in [0.717, 1.165) is 6.42 Å². The van der Waals surface area contributed by atoms with Gasteiger partial charge in [-0.15, -0.1) is 10.2 Å². The number of aromatic nitrogens is 2. The number of carboxylic acids is 1. The molecule has 1 aromatic rings. The first-order valence-electron chi connectivity index (χ1n) is 6.00. The quantitative estimate of drug-likeness (QED) is 0.709. The highest BCUT2D eigenvalue weighted by Gasteiger charge is 2.16. The molecule has 0 saturated heterocycles. The third-order valence-corrected chi connectivity index (χ3v) is 3.01. The van der Waals surface area contributed by atoms with Crippen LogP contribution in [0.3, 0.4) is 0 Å². The summed E-state index contributed by atoms with van der Waals surface area (Å²) in [6.07, 6.45) is 0.808. The molecule has 8 heteroatoms. The summed E-state index contributed by atoms with van der Waals surface area (Å²) in [5.74, 6) is -0.535. The molecule has 106 valence electrons. The predicted octanol–water partition coefficient (Wildman–Crippen LogP) is 1.80. The summed E-state index contributed by atoms with van der Waals surface area (Å²) in [4.78, 5) is 22.3. The van der Waals surface area contributed by atoms with Crippen molar-refractivity contribution < 1.29 is 14.7 Å². The normalized spacial score (nSPS) is 12.2. The third-order valence-electron chi connectivity index (χ3n) is 2.40. The number of aliphatic carboxylic acids is 1. The zero-order valence-electron chi connectivity index (χ0n) is 10.9. The van der Waals surface area contributed by atoms with Gasteiger partial charge in [0.2, 0.25) is 5.13 Å². The van der Waals surface area contributed by atoms with Crippen molar-refractivity contribution >= 4 is 28.5 Å². The molecule has 19 heavy (non-hydrogen) atoms. The molecule has 2 amide bonds. The van der Waals surface area contributed by atoms with Crippen LogP contribution >= 0.6 is 11.3 Å². The Morgan fingerprint density at radius 1 is 1.47 bits per heavy atom. The highest BCUT2D eigenvalue weighted by atomic mass is 32.1. The molecule has 7 nitrogen and oxygen atoms in total. The minimum absolute atomic E-state index is 0.0528. The number of carbonyl (C=O) groups is 2. The molecule has 0 aliphatic heterocycles. The molecule has 0 saturated carbocycles. The lowest BCUT2D eigenvalue weighted by molar-refractivity contribution is -0.138. The Balaban J connectivity index is 2.37. The van der Waals surface area contributed by atoms with E-state index >= 15 is 0 Å². The Morgan fingerprint density at radius 2 is 2.21 bits per heavy atom. The molecule has 1 rings (SSSR count). The van der Waals surface area contributed by atoms with E-state index < -0.39 is 12.0 Å². The van der Waals surface area contributed by atoms with Crippen LogP contribution in [0.2, 0.25) is 0 Å². The van der Waals surface area contributed by atoms with Crippen molar-refractivity contribution in [3.8, 4) is 0 Å². The van der Waals surface area contributed by atoms with Crippen LogP contribution in [0.25, 0.3) is 0 Å². The maximum atomic E-state index is 11.6. The molecule has 1 atom stereocenters. The maximum Gasteiger partial charge on any atom is 0.321 e. The zero-order valence-corrected chi connectivity index (χ0v) is 11.7. The summed E-state index contributed by atoms with van der Waals surface area (Å²) in [6, 6.07) is -0.393. The van der Waals surface area contributed by atoms with Gasteiger partial charge in [-0.05, 0) is 18.3 Å². The van der Waals surface area contributed by atoms with E-state index in [1.165, 1.54) is 16.8 Å². The lowest BCUT2D eigenvalue weighted by Gasteiger charge is -2.17. The average molecular weight is 286 g/mol. The largest absolute Gasteiger partial charge is 0.481 e. The number of hydrogen-bond acceptors (Lipinski definition) is 5. The lowest BCUT2D eigenvalue weighted by atomic mass is 9.94. The van der Waals surface area contributed by atoms with E-state index in [-0.39, 0.29) is 12.3 Å². The van der Waals surface area contributed by atoms with Gasteiger partial charge < -0.3 is 10.4 Å². The Kier molecular flexibility index (Phi) is 6.20. The average Bonchev–Trinajstić information content (AvgIpc) is 2.77. The Bertz CT molecular complexity index is 408. The molecule has 0 bridgehead atoms. The van der Waals surface area contributed by atoms with Crippen LogP contribution in [-0.2, 0) is 4.79 Å². The van der Waals surface area contributed by atoms with E-state index in [4.69, 9.17) is 5.11 Å². The van der Waals surface area contributed by atoms with Crippen molar-refractivity contribution in [1.29, 1.82) is 0 Å². The van der Waals surface area contributed by atoms with Crippen LogP contribution in [-0.4, -0.2) is 33.8 Å². The smallest absolute Gasteiger partial charge is 0.321 e. The number of hydrogen-bond donors (Lipinski definition) is 3. The fourth-order valence-corrected chi connectivity index (χ4v) is 2.20. The van der Waals surface area contributed by atoms with E-state index in [2.05, 4.69) is 20.8 Å². The van der Waals surface area contributed by atoms with E-state index in [0.29, 0.717) is 17.6 Å². The number of amides is 2. The van der Waals surface area contributed by atoms with Gasteiger partial charge in [-0.25, -0.2) is 4.79 Å². The van der Waals surface area contributed by atoms with Crippen molar-refractivity contribution in [2.75, 3.05) is 11.9 Å². The first-order valence-corrected chi connectivity index (χ1v) is 6.88. The number of urea groups is 1. The van der Waals surface area contributed by atoms with Crippen molar-refractivity contribution in [3.05, 3.63) is 5.51 Å². The molecule has 1 heterocycles. The predicted molar refractivity (Wildman–Crippen MR) is 72.1 cm³/mol. The van der Waals surface area contributed by atoms with Gasteiger partial charge in [-0.2, -0.15) is 0 Å². The van der Waals surface area contributed by atoms with E-state index in [1.807, 2.05) is 13.8 Å². The summed E-state index contributed by atoms with van der Waals surface area (Å²) in [7, 11) is 0. The third kappa shape index (κ3) is 6.70. The van der Waals surface area contributed by atoms with E-state index in [9.17, 15) is 9.59 Å². The minimum atomic E-state index is -0.850. The molecular formula is C11H18N4O3S. The molecule has 0 radical (unpaired) electrons. The second kappa shape index (κ2) is 7.67. The molecule has 0 aliphatic rings. The molecule has 0 spiro atoms. The van der Waals surface area contributed by atoms with Gasteiger partial charge in [0.25, 0.3) is 0 Å². The van der Waals surface area contributed by atoms with Crippen LogP contribution < -0.4 is 10.6 Å². The molecular weight excluding hydrogens is 268 g/mol.